The Morgan fingerprint density at radius 1 is 0.767 bits per heavy atom. The number of hydrogen-bond acceptors (Lipinski definition) is 3. The normalized spacial score (nSPS) is 32.8. The molecule has 0 aliphatic carbocycles. The lowest BCUT2D eigenvalue weighted by molar-refractivity contribution is -0.144. The Balaban J connectivity index is 1.16. The lowest BCUT2D eigenvalue weighted by Crippen LogP contribution is -2.62. The van der Waals surface area contributed by atoms with Gasteiger partial charge in [-0.25, -0.2) is 4.79 Å². The van der Waals surface area contributed by atoms with Crippen molar-refractivity contribution >= 4 is 17.8 Å². The van der Waals surface area contributed by atoms with Gasteiger partial charge >= 0.3 is 6.03 Å². The van der Waals surface area contributed by atoms with Crippen molar-refractivity contribution in [1.82, 2.24) is 19.6 Å². The average Bonchev–Trinajstić information content (AvgIpc) is 2.79. The van der Waals surface area contributed by atoms with E-state index in [2.05, 4.69) is 14.7 Å². The Hall–Kier alpha value is -1.79. The van der Waals surface area contributed by atoms with Gasteiger partial charge in [0, 0.05) is 64.2 Å². The van der Waals surface area contributed by atoms with Crippen LogP contribution in [-0.2, 0) is 9.59 Å². The minimum absolute atomic E-state index is 0.0923. The van der Waals surface area contributed by atoms with E-state index in [0.29, 0.717) is 49.2 Å². The smallest absolute Gasteiger partial charge is 0.320 e. The van der Waals surface area contributed by atoms with Gasteiger partial charge in [0.05, 0.1) is 0 Å². The number of nitrogens with zero attached hydrogens (tertiary/aromatic N) is 4. The highest BCUT2D eigenvalue weighted by Gasteiger charge is 2.45. The first-order chi connectivity index (χ1) is 14.6. The third-order valence-electron chi connectivity index (χ3n) is 8.23. The zero-order chi connectivity index (χ0) is 20.7. The van der Waals surface area contributed by atoms with Crippen molar-refractivity contribution in [3.8, 4) is 0 Å². The van der Waals surface area contributed by atoms with Gasteiger partial charge < -0.3 is 19.6 Å². The summed E-state index contributed by atoms with van der Waals surface area (Å²) in [6.07, 6.45) is 9.03. The first kappa shape index (κ1) is 20.1. The van der Waals surface area contributed by atoms with Crippen LogP contribution in [0.2, 0.25) is 0 Å². The Labute approximate surface area is 179 Å². The van der Waals surface area contributed by atoms with Gasteiger partial charge in [0.2, 0.25) is 11.8 Å². The van der Waals surface area contributed by atoms with Crippen molar-refractivity contribution in [2.45, 2.75) is 63.8 Å². The van der Waals surface area contributed by atoms with Crippen molar-refractivity contribution in [2.24, 2.45) is 17.8 Å². The van der Waals surface area contributed by atoms with Crippen molar-refractivity contribution in [1.29, 1.82) is 0 Å². The molecule has 7 nitrogen and oxygen atoms in total. The van der Waals surface area contributed by atoms with Gasteiger partial charge in [-0.15, -0.1) is 0 Å². The summed E-state index contributed by atoms with van der Waals surface area (Å²) in [6, 6.07) is 0.496. The summed E-state index contributed by atoms with van der Waals surface area (Å²) in [6.45, 7) is 5.61. The maximum Gasteiger partial charge on any atom is 0.320 e. The fourth-order valence-electron chi connectivity index (χ4n) is 6.66. The quantitative estimate of drug-likeness (QED) is 0.658. The van der Waals surface area contributed by atoms with Crippen molar-refractivity contribution in [2.75, 3.05) is 45.8 Å². The summed E-state index contributed by atoms with van der Waals surface area (Å²) >= 11 is 0. The van der Waals surface area contributed by atoms with Gasteiger partial charge in [0.15, 0.2) is 0 Å². The fraction of sp³-hybridized carbons (Fsp3) is 0.870. The fourth-order valence-corrected chi connectivity index (χ4v) is 6.66. The molecule has 4 amide bonds. The molecule has 0 spiro atoms. The molecule has 5 rings (SSSR count). The number of hydrogen-bond donors (Lipinski definition) is 0. The van der Waals surface area contributed by atoms with E-state index in [9.17, 15) is 14.4 Å². The number of likely N-dealkylation sites (tertiary alicyclic amines) is 3. The molecular weight excluding hydrogens is 380 g/mol. The van der Waals surface area contributed by atoms with E-state index in [1.807, 2.05) is 4.90 Å². The van der Waals surface area contributed by atoms with Crippen LogP contribution in [0.1, 0.15) is 57.8 Å². The highest BCUT2D eigenvalue weighted by atomic mass is 16.2. The minimum atomic E-state index is 0.0923. The lowest BCUT2D eigenvalue weighted by atomic mass is 9.76. The Kier molecular flexibility index (Phi) is 5.63. The maximum atomic E-state index is 13.3. The minimum Gasteiger partial charge on any atom is -0.342 e. The van der Waals surface area contributed by atoms with Crippen LogP contribution in [0.25, 0.3) is 0 Å². The van der Waals surface area contributed by atoms with Crippen LogP contribution < -0.4 is 0 Å². The molecule has 2 unspecified atom stereocenters. The molecule has 5 aliphatic heterocycles. The highest BCUT2D eigenvalue weighted by Crippen LogP contribution is 2.38. The van der Waals surface area contributed by atoms with Gasteiger partial charge in [-0.3, -0.25) is 9.59 Å². The van der Waals surface area contributed by atoms with Crippen LogP contribution in [0, 0.1) is 17.8 Å². The largest absolute Gasteiger partial charge is 0.342 e. The lowest BCUT2D eigenvalue weighted by Gasteiger charge is -2.53. The van der Waals surface area contributed by atoms with Gasteiger partial charge in [-0.2, -0.15) is 0 Å². The zero-order valence-electron chi connectivity index (χ0n) is 18.1. The molecule has 0 aromatic rings. The predicted molar refractivity (Wildman–Crippen MR) is 113 cm³/mol. The highest BCUT2D eigenvalue weighted by molar-refractivity contribution is 5.80. The molecule has 3 atom stereocenters. The molecule has 166 valence electrons. The number of rotatable bonds is 1. The third kappa shape index (κ3) is 3.80. The second-order valence-electron chi connectivity index (χ2n) is 10.2. The summed E-state index contributed by atoms with van der Waals surface area (Å²) in [5.74, 6) is 1.58. The monoisotopic (exact) mass is 416 g/mol. The number of urea groups is 1. The van der Waals surface area contributed by atoms with Gasteiger partial charge in [-0.05, 0) is 63.2 Å². The maximum absolute atomic E-state index is 13.3. The van der Waals surface area contributed by atoms with Crippen molar-refractivity contribution in [3.05, 3.63) is 0 Å². The van der Waals surface area contributed by atoms with E-state index < -0.39 is 0 Å². The summed E-state index contributed by atoms with van der Waals surface area (Å²) in [5, 5.41) is 0. The molecule has 5 aliphatic rings. The van der Waals surface area contributed by atoms with Crippen LogP contribution in [0.15, 0.2) is 0 Å². The van der Waals surface area contributed by atoms with Crippen molar-refractivity contribution < 1.29 is 14.4 Å². The Morgan fingerprint density at radius 3 is 2.30 bits per heavy atom. The zero-order valence-corrected chi connectivity index (χ0v) is 18.1. The van der Waals surface area contributed by atoms with E-state index >= 15 is 0 Å². The molecule has 30 heavy (non-hydrogen) atoms. The van der Waals surface area contributed by atoms with E-state index in [4.69, 9.17) is 0 Å². The van der Waals surface area contributed by atoms with Gasteiger partial charge in [-0.1, -0.05) is 0 Å². The van der Waals surface area contributed by atoms with Crippen LogP contribution in [0.3, 0.4) is 0 Å². The molecule has 0 aromatic heterocycles. The molecular formula is C23H36N4O3. The number of amides is 4. The van der Waals surface area contributed by atoms with Gasteiger partial charge in [0.1, 0.15) is 0 Å². The topological polar surface area (TPSA) is 64.2 Å². The summed E-state index contributed by atoms with van der Waals surface area (Å²) < 4.78 is 0. The average molecular weight is 417 g/mol. The molecule has 0 aromatic carbocycles. The molecule has 2 bridgehead atoms. The first-order valence-electron chi connectivity index (χ1n) is 12.2. The molecule has 0 saturated carbocycles. The molecule has 0 radical (unpaired) electrons. The van der Waals surface area contributed by atoms with Crippen LogP contribution in [-0.4, -0.2) is 89.3 Å². The van der Waals surface area contributed by atoms with E-state index in [-0.39, 0.29) is 11.9 Å². The van der Waals surface area contributed by atoms with Crippen LogP contribution >= 0.6 is 0 Å². The first-order valence-corrected chi connectivity index (χ1v) is 12.2. The second kappa shape index (κ2) is 8.39. The van der Waals surface area contributed by atoms with E-state index in [1.54, 1.807) is 0 Å². The number of carbonyl (C=O) groups is 3. The van der Waals surface area contributed by atoms with Gasteiger partial charge in [0.25, 0.3) is 0 Å². The molecule has 0 N–H and O–H groups in total. The van der Waals surface area contributed by atoms with Crippen molar-refractivity contribution in [3.63, 3.8) is 0 Å². The third-order valence-corrected chi connectivity index (χ3v) is 8.23. The number of piperidine rings is 5. The molecule has 5 fully saturated rings. The van der Waals surface area contributed by atoms with Crippen LogP contribution in [0.5, 0.6) is 0 Å². The van der Waals surface area contributed by atoms with E-state index in [0.717, 1.165) is 77.7 Å². The Bertz CT molecular complexity index is 684. The predicted octanol–water partition coefficient (Wildman–Crippen LogP) is 2.16. The Morgan fingerprint density at radius 2 is 1.53 bits per heavy atom. The summed E-state index contributed by atoms with van der Waals surface area (Å²) in [4.78, 5) is 46.6. The van der Waals surface area contributed by atoms with Crippen LogP contribution in [0.4, 0.5) is 4.79 Å². The number of carbonyl (C=O) groups excluding carboxylic acids is 3. The second-order valence-corrected chi connectivity index (χ2v) is 10.2. The summed E-state index contributed by atoms with van der Waals surface area (Å²) in [7, 11) is 0. The number of fused-ring (bicyclic) bond motifs is 4. The molecule has 5 heterocycles. The molecule has 5 saturated heterocycles. The SMILES string of the molecule is O=C(C1CCN(C(=O)N2CC3CC(C2)[C@H]2CCCC(=O)N2C3)CC1)N1CCCCC1. The summed E-state index contributed by atoms with van der Waals surface area (Å²) in [5.41, 5.74) is 0. The standard InChI is InChI=1S/C23H36N4O3/c28-21-6-4-5-20-19-13-17(15-27(20)21)14-26(16-19)23(30)25-11-7-18(8-12-25)22(29)24-9-2-1-3-10-24/h17-20H,1-16H2/t17?,19?,20-/m1/s1. The van der Waals surface area contributed by atoms with E-state index in [1.165, 1.54) is 6.42 Å². The molecule has 7 heteroatoms.